The predicted molar refractivity (Wildman–Crippen MR) is 154 cm³/mol. The van der Waals surface area contributed by atoms with Gasteiger partial charge in [-0.1, -0.05) is 13.8 Å². The molecule has 1 fully saturated rings. The molecule has 4 rings (SSSR count). The number of benzene rings is 1. The van der Waals surface area contributed by atoms with E-state index in [9.17, 15) is 9.59 Å². The van der Waals surface area contributed by atoms with Crippen molar-refractivity contribution in [3.8, 4) is 0 Å². The summed E-state index contributed by atoms with van der Waals surface area (Å²) in [6.45, 7) is 24.4. The molecule has 0 atom stereocenters. The molecule has 2 aromatic rings. The van der Waals surface area contributed by atoms with Gasteiger partial charge in [0.1, 0.15) is 11.2 Å². The van der Waals surface area contributed by atoms with Crippen molar-refractivity contribution in [2.24, 2.45) is 0 Å². The Hall–Kier alpha value is -2.52. The molecule has 0 unspecified atom stereocenters. The van der Waals surface area contributed by atoms with Crippen LogP contribution in [0.3, 0.4) is 0 Å². The van der Waals surface area contributed by atoms with Crippen LogP contribution in [0.5, 0.6) is 0 Å². The van der Waals surface area contributed by atoms with Crippen LogP contribution in [0.1, 0.15) is 106 Å². The van der Waals surface area contributed by atoms with E-state index in [1.54, 1.807) is 9.47 Å². The fourth-order valence-electron chi connectivity index (χ4n) is 5.17. The fraction of sp³-hybridized carbons (Fsp3) is 0.667. The summed E-state index contributed by atoms with van der Waals surface area (Å²) in [7, 11) is -0.748. The Balaban J connectivity index is 1.90. The molecule has 2 aliphatic rings. The minimum absolute atomic E-state index is 0.0637. The molecule has 0 spiro atoms. The number of amides is 1. The van der Waals surface area contributed by atoms with Crippen molar-refractivity contribution in [1.82, 2.24) is 9.47 Å². The third-order valence-electron chi connectivity index (χ3n) is 7.66. The van der Waals surface area contributed by atoms with Crippen molar-refractivity contribution >= 4 is 35.8 Å². The molecule has 0 radical (unpaired) electrons. The summed E-state index contributed by atoms with van der Waals surface area (Å²) < 4.78 is 26.2. The van der Waals surface area contributed by atoms with Gasteiger partial charge < -0.3 is 23.7 Å². The summed E-state index contributed by atoms with van der Waals surface area (Å²) in [5, 5.41) is 0.936. The molecule has 0 saturated carbocycles. The second kappa shape index (κ2) is 9.55. The molecule has 0 aliphatic carbocycles. The molecular weight excluding hydrogens is 495 g/mol. The molecule has 0 N–H and O–H groups in total. The summed E-state index contributed by atoms with van der Waals surface area (Å²) in [5.41, 5.74) is 2.16. The maximum Gasteiger partial charge on any atom is 0.513 e. The topological polar surface area (TPSA) is 79.2 Å². The van der Waals surface area contributed by atoms with Crippen molar-refractivity contribution in [2.45, 2.75) is 124 Å². The van der Waals surface area contributed by atoms with Crippen LogP contribution >= 0.6 is 0 Å². The van der Waals surface area contributed by atoms with Crippen LogP contribution in [0.25, 0.3) is 10.9 Å². The first-order valence-corrected chi connectivity index (χ1v) is 14.0. The highest BCUT2D eigenvalue weighted by Gasteiger charge is 2.54. The highest BCUT2D eigenvalue weighted by molar-refractivity contribution is 6.63. The smallest absolute Gasteiger partial charge is 0.444 e. The Morgan fingerprint density at radius 2 is 1.44 bits per heavy atom. The maximum atomic E-state index is 13.8. The second-order valence-corrected chi connectivity index (χ2v) is 14.1. The Morgan fingerprint density at radius 3 is 1.95 bits per heavy atom. The fourth-order valence-corrected chi connectivity index (χ4v) is 5.17. The van der Waals surface area contributed by atoms with Crippen molar-refractivity contribution in [1.29, 1.82) is 0 Å². The van der Waals surface area contributed by atoms with E-state index in [2.05, 4.69) is 26.0 Å². The van der Waals surface area contributed by atoms with Crippen LogP contribution < -0.4 is 5.59 Å². The van der Waals surface area contributed by atoms with Crippen LogP contribution in [0.4, 0.5) is 9.59 Å². The Morgan fingerprint density at radius 1 is 0.897 bits per heavy atom. The van der Waals surface area contributed by atoms with Gasteiger partial charge >= 0.3 is 19.3 Å². The zero-order chi connectivity index (χ0) is 29.3. The first-order valence-electron chi connectivity index (χ1n) is 14.0. The lowest BCUT2D eigenvalue weighted by molar-refractivity contribution is 0.00578. The molecule has 9 heteroatoms. The lowest BCUT2D eigenvalue weighted by Crippen LogP contribution is -2.45. The third kappa shape index (κ3) is 5.71. The zero-order valence-corrected chi connectivity index (χ0v) is 25.8. The van der Waals surface area contributed by atoms with Crippen molar-refractivity contribution < 1.29 is 28.4 Å². The van der Waals surface area contributed by atoms with E-state index in [4.69, 9.17) is 18.8 Å². The van der Waals surface area contributed by atoms with E-state index in [0.29, 0.717) is 25.1 Å². The predicted octanol–water partition coefficient (Wildman–Crippen LogP) is 6.14. The first kappa shape index (κ1) is 29.5. The molecule has 1 saturated heterocycles. The molecule has 3 heterocycles. The zero-order valence-electron chi connectivity index (χ0n) is 25.8. The van der Waals surface area contributed by atoms with Crippen LogP contribution in [0.15, 0.2) is 12.1 Å². The summed E-state index contributed by atoms with van der Waals surface area (Å²) >= 11 is 0. The number of carbonyl (C=O) groups is 2. The highest BCUT2D eigenvalue weighted by Crippen LogP contribution is 2.39. The average molecular weight is 541 g/mol. The number of carbonyl (C=O) groups excluding carboxylic acids is 2. The van der Waals surface area contributed by atoms with E-state index < -0.39 is 35.6 Å². The standard InChI is InChI=1S/C30H45BN2O6/c1-18(2)23-21-15-20-17-32(25(34)36-27(3,4)5)14-13-19(20)16-22(21)33(26(35)37-28(6,7)8)24(23)31-38-29(9,10)30(11,12)39-31/h15-16,18H,13-14,17H2,1-12H3. The number of ether oxygens (including phenoxy) is 2. The van der Waals surface area contributed by atoms with Gasteiger partial charge in [0.2, 0.25) is 0 Å². The minimum Gasteiger partial charge on any atom is -0.444 e. The Bertz CT molecular complexity index is 1280. The summed E-state index contributed by atoms with van der Waals surface area (Å²) in [6.07, 6.45) is -0.121. The van der Waals surface area contributed by atoms with Gasteiger partial charge in [-0.25, -0.2) is 9.59 Å². The molecule has 8 nitrogen and oxygen atoms in total. The molecule has 1 aromatic carbocycles. The molecule has 1 aromatic heterocycles. The van der Waals surface area contributed by atoms with E-state index >= 15 is 0 Å². The van der Waals surface area contributed by atoms with Crippen molar-refractivity contribution in [3.05, 3.63) is 28.8 Å². The Kier molecular flexibility index (Phi) is 7.21. The number of nitrogens with zero attached hydrogens (tertiary/aromatic N) is 2. The normalized spacial score (nSPS) is 19.0. The maximum absolute atomic E-state index is 13.8. The van der Waals surface area contributed by atoms with Gasteiger partial charge in [0.15, 0.2) is 0 Å². The van der Waals surface area contributed by atoms with Crippen molar-refractivity contribution in [2.75, 3.05) is 6.54 Å². The Labute approximate surface area is 233 Å². The van der Waals surface area contributed by atoms with E-state index in [-0.39, 0.29) is 12.0 Å². The van der Waals surface area contributed by atoms with Gasteiger partial charge in [-0.05, 0) is 110 Å². The van der Waals surface area contributed by atoms with Gasteiger partial charge in [0, 0.05) is 18.5 Å². The second-order valence-electron chi connectivity index (χ2n) is 14.1. The molecule has 39 heavy (non-hydrogen) atoms. The van der Waals surface area contributed by atoms with Crippen LogP contribution in [-0.2, 0) is 31.7 Å². The van der Waals surface area contributed by atoms with Gasteiger partial charge in [-0.2, -0.15) is 0 Å². The van der Waals surface area contributed by atoms with Gasteiger partial charge in [0.05, 0.1) is 22.3 Å². The first-order chi connectivity index (χ1) is 17.7. The highest BCUT2D eigenvalue weighted by atomic mass is 16.7. The number of fused-ring (bicyclic) bond motifs is 2. The average Bonchev–Trinajstić information content (AvgIpc) is 3.18. The van der Waals surface area contributed by atoms with Crippen molar-refractivity contribution in [3.63, 3.8) is 0 Å². The van der Waals surface area contributed by atoms with Gasteiger partial charge in [-0.3, -0.25) is 4.57 Å². The van der Waals surface area contributed by atoms with Gasteiger partial charge in [-0.15, -0.1) is 0 Å². The number of hydrogen-bond donors (Lipinski definition) is 0. The summed E-state index contributed by atoms with van der Waals surface area (Å²) in [6, 6.07) is 4.19. The minimum atomic E-state index is -0.748. The SMILES string of the molecule is CC(C)c1c(B2OC(C)(C)C(C)(C)O2)n(C(=O)OC(C)(C)C)c2cc3c(cc12)CN(C(=O)OC(C)(C)C)CC3. The molecular formula is C30H45BN2O6. The summed E-state index contributed by atoms with van der Waals surface area (Å²) in [5.74, 6) is 0.0637. The number of rotatable bonds is 2. The number of hydrogen-bond acceptors (Lipinski definition) is 6. The van der Waals surface area contributed by atoms with E-state index in [0.717, 1.165) is 27.6 Å². The van der Waals surface area contributed by atoms with E-state index in [1.165, 1.54) is 0 Å². The summed E-state index contributed by atoms with van der Waals surface area (Å²) in [4.78, 5) is 28.4. The van der Waals surface area contributed by atoms with Gasteiger partial charge in [0.25, 0.3) is 0 Å². The molecule has 1 amide bonds. The van der Waals surface area contributed by atoms with E-state index in [1.807, 2.05) is 69.2 Å². The van der Waals surface area contributed by atoms with Crippen LogP contribution in [0.2, 0.25) is 0 Å². The number of aromatic nitrogens is 1. The third-order valence-corrected chi connectivity index (χ3v) is 7.66. The van der Waals surface area contributed by atoms with Crippen LogP contribution in [-0.4, -0.2) is 57.7 Å². The lowest BCUT2D eigenvalue weighted by Gasteiger charge is -2.32. The van der Waals surface area contributed by atoms with Crippen LogP contribution in [0, 0.1) is 0 Å². The lowest BCUT2D eigenvalue weighted by atomic mass is 9.78. The quantitative estimate of drug-likeness (QED) is 0.426. The monoisotopic (exact) mass is 540 g/mol. The molecule has 2 aliphatic heterocycles. The molecule has 0 bridgehead atoms. The largest absolute Gasteiger partial charge is 0.513 e. The molecule has 214 valence electrons.